The van der Waals surface area contributed by atoms with Gasteiger partial charge in [-0.2, -0.15) is 8.42 Å². The topological polar surface area (TPSA) is 43.4 Å². The van der Waals surface area contributed by atoms with E-state index in [0.717, 1.165) is 6.08 Å². The minimum atomic E-state index is -3.95. The van der Waals surface area contributed by atoms with Crippen molar-refractivity contribution in [3.05, 3.63) is 12.7 Å². The fourth-order valence-corrected chi connectivity index (χ4v) is 0.510. The van der Waals surface area contributed by atoms with Gasteiger partial charge < -0.3 is 0 Å². The summed E-state index contributed by atoms with van der Waals surface area (Å²) in [6.07, 6.45) is 1.04. The number of rotatable bonds is 3. The van der Waals surface area contributed by atoms with E-state index in [1.54, 1.807) is 0 Å². The van der Waals surface area contributed by atoms with Crippen LogP contribution in [0.1, 0.15) is 0 Å². The maximum absolute atomic E-state index is 10.8. The van der Waals surface area contributed by atoms with Crippen molar-refractivity contribution in [3.8, 4) is 0 Å². The van der Waals surface area contributed by atoms with Gasteiger partial charge >= 0.3 is 10.1 Å². The molecule has 0 aliphatic carbocycles. The molecule has 3 nitrogen and oxygen atoms in total. The predicted molar refractivity (Wildman–Crippen MR) is 31.9 cm³/mol. The summed E-state index contributed by atoms with van der Waals surface area (Å²) in [7, 11) is -3.95. The molecule has 0 rings (SSSR count). The van der Waals surface area contributed by atoms with Crippen LogP contribution in [-0.4, -0.2) is 65.6 Å². The third kappa shape index (κ3) is 7.11. The molecule has 0 saturated carbocycles. The molecule has 0 aromatic carbocycles. The third-order valence-electron chi connectivity index (χ3n) is 0.418. The first-order valence-electron chi connectivity index (χ1n) is 1.76. The second-order valence-electron chi connectivity index (χ2n) is 1.08. The molecule has 0 aliphatic rings. The average Bonchev–Trinajstić information content (AvgIpc) is 1.67. The molecule has 0 spiro atoms. The van der Waals surface area contributed by atoms with E-state index < -0.39 is 15.9 Å². The standard InChI is InChI=1S/C3H5FO3S.K/c1-2-3-8(5,6)7-4;/h2H,1,3H2;. The monoisotopic (exact) mass is 179 g/mol. The van der Waals surface area contributed by atoms with Crippen LogP contribution in [0.5, 0.6) is 0 Å². The minimum Gasteiger partial charge on any atom is -0.196 e. The van der Waals surface area contributed by atoms with Crippen LogP contribution in [0, 0.1) is 0 Å². The molecule has 0 unspecified atom stereocenters. The Kier molecular flexibility index (Phi) is 8.51. The van der Waals surface area contributed by atoms with Crippen LogP contribution in [0.2, 0.25) is 0 Å². The van der Waals surface area contributed by atoms with Crippen molar-refractivity contribution >= 4 is 61.5 Å². The normalized spacial score (nSPS) is 9.89. The van der Waals surface area contributed by atoms with Gasteiger partial charge in [0.2, 0.25) is 0 Å². The fourth-order valence-electron chi connectivity index (χ4n) is 0.170. The molecule has 0 bridgehead atoms. The van der Waals surface area contributed by atoms with Crippen LogP contribution < -0.4 is 0 Å². The zero-order chi connectivity index (χ0) is 6.62. The Balaban J connectivity index is 0. The molecule has 6 heteroatoms. The fraction of sp³-hybridized carbons (Fsp3) is 0.333. The summed E-state index contributed by atoms with van der Waals surface area (Å²) in [5, 5.41) is 0. The van der Waals surface area contributed by atoms with Crippen molar-refractivity contribution < 1.29 is 17.3 Å². The molecule has 1 radical (unpaired) electrons. The van der Waals surface area contributed by atoms with Gasteiger partial charge in [-0.3, -0.25) is 0 Å². The third-order valence-corrected chi connectivity index (χ3v) is 1.25. The molecular weight excluding hydrogens is 174 g/mol. The van der Waals surface area contributed by atoms with Gasteiger partial charge in [0.15, 0.2) is 0 Å². The molecule has 0 N–H and O–H groups in total. The maximum Gasteiger partial charge on any atom is 0.301 e. The minimum absolute atomic E-state index is 0. The van der Waals surface area contributed by atoms with Gasteiger partial charge in [0.1, 0.15) is 0 Å². The van der Waals surface area contributed by atoms with Crippen LogP contribution >= 0.6 is 0 Å². The van der Waals surface area contributed by atoms with Crippen LogP contribution in [0.25, 0.3) is 0 Å². The zero-order valence-electron chi connectivity index (χ0n) is 5.00. The Morgan fingerprint density at radius 2 is 2.11 bits per heavy atom. The summed E-state index contributed by atoms with van der Waals surface area (Å²) in [5.41, 5.74) is 0. The Morgan fingerprint density at radius 3 is 2.22 bits per heavy atom. The Hall–Kier alpha value is 1.22. The van der Waals surface area contributed by atoms with Gasteiger partial charge in [-0.25, -0.2) is 0 Å². The summed E-state index contributed by atoms with van der Waals surface area (Å²) in [4.78, 5) is 0. The molecule has 0 amide bonds. The molecule has 0 aliphatic heterocycles. The van der Waals surface area contributed by atoms with Crippen molar-refractivity contribution in [3.63, 3.8) is 0 Å². The van der Waals surface area contributed by atoms with Gasteiger partial charge in [-0.15, -0.1) is 6.58 Å². The Morgan fingerprint density at radius 1 is 1.67 bits per heavy atom. The first kappa shape index (κ1) is 12.9. The van der Waals surface area contributed by atoms with Gasteiger partial charge in [0, 0.05) is 51.4 Å². The van der Waals surface area contributed by atoms with E-state index in [4.69, 9.17) is 0 Å². The number of halogens is 1. The Bertz CT molecular complexity index is 164. The molecule has 0 saturated heterocycles. The first-order chi connectivity index (χ1) is 3.62. The van der Waals surface area contributed by atoms with E-state index in [9.17, 15) is 12.9 Å². The zero-order valence-corrected chi connectivity index (χ0v) is 8.94. The van der Waals surface area contributed by atoms with Gasteiger partial charge in [-0.05, 0) is 4.53 Å². The maximum atomic E-state index is 10.8. The summed E-state index contributed by atoms with van der Waals surface area (Å²) in [5.74, 6) is -0.497. The summed E-state index contributed by atoms with van der Waals surface area (Å²) in [6.45, 7) is 3.07. The van der Waals surface area contributed by atoms with E-state index >= 15 is 0 Å². The smallest absolute Gasteiger partial charge is 0.196 e. The molecule has 0 aromatic rings. The largest absolute Gasteiger partial charge is 0.301 e. The van der Waals surface area contributed by atoms with Gasteiger partial charge in [0.25, 0.3) is 0 Å². The SMILES string of the molecule is C=CCS(=O)(=O)OF.[K]. The van der Waals surface area contributed by atoms with E-state index in [1.807, 2.05) is 0 Å². The summed E-state index contributed by atoms with van der Waals surface area (Å²) < 4.78 is 33.3. The average molecular weight is 179 g/mol. The first-order valence-corrected chi connectivity index (χ1v) is 3.34. The summed E-state index contributed by atoms with van der Waals surface area (Å²) in [6, 6.07) is 0. The van der Waals surface area contributed by atoms with E-state index in [1.165, 1.54) is 0 Å². The molecule has 0 heterocycles. The number of hydrogen-bond acceptors (Lipinski definition) is 3. The van der Waals surface area contributed by atoms with E-state index in [-0.39, 0.29) is 51.4 Å². The quantitative estimate of drug-likeness (QED) is 0.453. The van der Waals surface area contributed by atoms with Crippen molar-refractivity contribution in [2.45, 2.75) is 0 Å². The second kappa shape index (κ2) is 5.96. The molecule has 0 aromatic heterocycles. The molecule has 9 heavy (non-hydrogen) atoms. The Labute approximate surface area is 95.7 Å². The van der Waals surface area contributed by atoms with Gasteiger partial charge in [-0.1, -0.05) is 10.5 Å². The molecule has 0 fully saturated rings. The van der Waals surface area contributed by atoms with Crippen molar-refractivity contribution in [2.75, 3.05) is 5.75 Å². The van der Waals surface area contributed by atoms with Crippen molar-refractivity contribution in [1.82, 2.24) is 0 Å². The van der Waals surface area contributed by atoms with E-state index in [0.29, 0.717) is 0 Å². The van der Waals surface area contributed by atoms with Crippen molar-refractivity contribution in [2.24, 2.45) is 0 Å². The second-order valence-corrected chi connectivity index (χ2v) is 2.65. The summed E-state index contributed by atoms with van der Waals surface area (Å²) >= 11 is 0. The predicted octanol–water partition coefficient (Wildman–Crippen LogP) is 0.0225. The molecule has 0 atom stereocenters. The molecule has 49 valence electrons. The number of hydrogen-bond donors (Lipinski definition) is 0. The van der Waals surface area contributed by atoms with Crippen molar-refractivity contribution in [1.29, 1.82) is 0 Å². The van der Waals surface area contributed by atoms with Crippen LogP contribution in [0.4, 0.5) is 4.53 Å². The van der Waals surface area contributed by atoms with Crippen LogP contribution in [0.3, 0.4) is 0 Å². The molecular formula is C3H5FKO3S. The van der Waals surface area contributed by atoms with Crippen LogP contribution in [-0.2, 0) is 14.5 Å². The van der Waals surface area contributed by atoms with Crippen LogP contribution in [0.15, 0.2) is 12.7 Å². The van der Waals surface area contributed by atoms with E-state index in [2.05, 4.69) is 11.0 Å². The van der Waals surface area contributed by atoms with Gasteiger partial charge in [0.05, 0.1) is 5.75 Å².